The molecule has 1 aliphatic rings. The van der Waals surface area contributed by atoms with Gasteiger partial charge in [-0.05, 0) is 24.1 Å². The van der Waals surface area contributed by atoms with Crippen LogP contribution in [0.15, 0.2) is 53.0 Å². The predicted molar refractivity (Wildman–Crippen MR) is 95.9 cm³/mol. The summed E-state index contributed by atoms with van der Waals surface area (Å²) in [6, 6.07) is 17.4. The molecule has 0 amide bonds. The summed E-state index contributed by atoms with van der Waals surface area (Å²) in [5, 5.41) is 0. The summed E-state index contributed by atoms with van der Waals surface area (Å²) < 4.78 is 1.22. The van der Waals surface area contributed by atoms with Crippen LogP contribution in [0, 0.1) is 6.92 Å². The molecule has 1 saturated heterocycles. The Bertz CT molecular complexity index is 618. The average Bonchev–Trinajstić information content (AvgIpc) is 2.52. The highest BCUT2D eigenvalue weighted by Crippen LogP contribution is 2.19. The standard InChI is InChI=1S/C19H23BrN2/c1-16-5-4-6-17(13-16)14-21-9-11-22(12-10-21)15-18-7-2-3-8-19(18)20/h2-8,13H,9-12,14-15H2,1H3. The van der Waals surface area contributed by atoms with Crippen molar-refractivity contribution in [2.45, 2.75) is 20.0 Å². The third kappa shape index (κ3) is 4.19. The van der Waals surface area contributed by atoms with Crippen molar-refractivity contribution in [2.24, 2.45) is 0 Å². The Morgan fingerprint density at radius 2 is 1.55 bits per heavy atom. The summed E-state index contributed by atoms with van der Waals surface area (Å²) in [4.78, 5) is 5.11. The fourth-order valence-electron chi connectivity index (χ4n) is 3.04. The van der Waals surface area contributed by atoms with Gasteiger partial charge < -0.3 is 0 Å². The van der Waals surface area contributed by atoms with E-state index >= 15 is 0 Å². The molecule has 0 aliphatic carbocycles. The molecule has 0 aromatic heterocycles. The summed E-state index contributed by atoms with van der Waals surface area (Å²) in [5.41, 5.74) is 4.17. The Morgan fingerprint density at radius 1 is 0.864 bits per heavy atom. The van der Waals surface area contributed by atoms with Gasteiger partial charge in [0.15, 0.2) is 0 Å². The van der Waals surface area contributed by atoms with Gasteiger partial charge in [0.05, 0.1) is 0 Å². The van der Waals surface area contributed by atoms with Gasteiger partial charge in [-0.1, -0.05) is 64.0 Å². The summed E-state index contributed by atoms with van der Waals surface area (Å²) >= 11 is 3.65. The highest BCUT2D eigenvalue weighted by Gasteiger charge is 2.17. The summed E-state index contributed by atoms with van der Waals surface area (Å²) in [6.07, 6.45) is 0. The summed E-state index contributed by atoms with van der Waals surface area (Å²) in [6.45, 7) is 8.88. The van der Waals surface area contributed by atoms with Crippen LogP contribution >= 0.6 is 15.9 Å². The van der Waals surface area contributed by atoms with E-state index in [4.69, 9.17) is 0 Å². The van der Waals surface area contributed by atoms with Crippen LogP contribution in [-0.4, -0.2) is 36.0 Å². The monoisotopic (exact) mass is 358 g/mol. The Kier molecular flexibility index (Phi) is 5.29. The number of aryl methyl sites for hydroxylation is 1. The molecule has 0 bridgehead atoms. The van der Waals surface area contributed by atoms with Crippen molar-refractivity contribution in [2.75, 3.05) is 26.2 Å². The van der Waals surface area contributed by atoms with Crippen molar-refractivity contribution >= 4 is 15.9 Å². The third-order valence-electron chi connectivity index (χ3n) is 4.31. The van der Waals surface area contributed by atoms with Crippen molar-refractivity contribution in [3.8, 4) is 0 Å². The number of hydrogen-bond acceptors (Lipinski definition) is 2. The molecule has 0 spiro atoms. The number of rotatable bonds is 4. The minimum atomic E-state index is 1.04. The second-order valence-electron chi connectivity index (χ2n) is 6.13. The van der Waals surface area contributed by atoms with Crippen LogP contribution in [0.25, 0.3) is 0 Å². The Labute approximate surface area is 141 Å². The molecule has 0 N–H and O–H groups in total. The first kappa shape index (κ1) is 15.7. The lowest BCUT2D eigenvalue weighted by Crippen LogP contribution is -2.45. The second-order valence-corrected chi connectivity index (χ2v) is 6.99. The molecule has 3 heteroatoms. The van der Waals surface area contributed by atoms with Crippen LogP contribution in [0.2, 0.25) is 0 Å². The topological polar surface area (TPSA) is 6.48 Å². The number of piperazine rings is 1. The minimum absolute atomic E-state index is 1.04. The van der Waals surface area contributed by atoms with Crippen molar-refractivity contribution in [1.82, 2.24) is 9.80 Å². The van der Waals surface area contributed by atoms with Gasteiger partial charge in [-0.3, -0.25) is 9.80 Å². The summed E-state index contributed by atoms with van der Waals surface area (Å²) in [7, 11) is 0. The molecule has 1 heterocycles. The van der Waals surface area contributed by atoms with Gasteiger partial charge in [0.2, 0.25) is 0 Å². The highest BCUT2D eigenvalue weighted by atomic mass is 79.9. The third-order valence-corrected chi connectivity index (χ3v) is 5.08. The Balaban J connectivity index is 1.51. The normalized spacial score (nSPS) is 16.8. The second kappa shape index (κ2) is 7.40. The molecule has 2 nitrogen and oxygen atoms in total. The fourth-order valence-corrected chi connectivity index (χ4v) is 3.45. The first-order valence-electron chi connectivity index (χ1n) is 7.94. The Hall–Kier alpha value is -1.16. The fraction of sp³-hybridized carbons (Fsp3) is 0.368. The van der Waals surface area contributed by atoms with Gasteiger partial charge in [-0.2, -0.15) is 0 Å². The smallest absolute Gasteiger partial charge is 0.0246 e. The molecule has 1 aliphatic heterocycles. The molecule has 0 atom stereocenters. The van der Waals surface area contributed by atoms with Gasteiger partial charge >= 0.3 is 0 Å². The number of nitrogens with zero attached hydrogens (tertiary/aromatic N) is 2. The van der Waals surface area contributed by atoms with Crippen LogP contribution in [0.4, 0.5) is 0 Å². The van der Waals surface area contributed by atoms with Crippen molar-refractivity contribution in [3.05, 3.63) is 69.7 Å². The average molecular weight is 359 g/mol. The molecule has 2 aromatic carbocycles. The van der Waals surface area contributed by atoms with Gasteiger partial charge in [0, 0.05) is 43.7 Å². The van der Waals surface area contributed by atoms with Crippen LogP contribution in [0.3, 0.4) is 0 Å². The Morgan fingerprint density at radius 3 is 2.23 bits per heavy atom. The lowest BCUT2D eigenvalue weighted by Gasteiger charge is -2.35. The van der Waals surface area contributed by atoms with E-state index in [0.29, 0.717) is 0 Å². The van der Waals surface area contributed by atoms with Gasteiger partial charge in [0.25, 0.3) is 0 Å². The van der Waals surface area contributed by atoms with E-state index < -0.39 is 0 Å². The largest absolute Gasteiger partial charge is 0.297 e. The first-order chi connectivity index (χ1) is 10.7. The molecule has 116 valence electrons. The van der Waals surface area contributed by atoms with E-state index in [1.54, 1.807) is 0 Å². The zero-order chi connectivity index (χ0) is 15.4. The SMILES string of the molecule is Cc1cccc(CN2CCN(Cc3ccccc3Br)CC2)c1. The molecular formula is C19H23BrN2. The van der Waals surface area contributed by atoms with E-state index in [0.717, 1.165) is 39.3 Å². The molecule has 3 rings (SSSR count). The molecule has 2 aromatic rings. The molecule has 1 fully saturated rings. The molecular weight excluding hydrogens is 336 g/mol. The van der Waals surface area contributed by atoms with Crippen LogP contribution in [0.1, 0.15) is 16.7 Å². The van der Waals surface area contributed by atoms with Crippen LogP contribution in [0.5, 0.6) is 0 Å². The minimum Gasteiger partial charge on any atom is -0.297 e. The van der Waals surface area contributed by atoms with Crippen molar-refractivity contribution in [3.63, 3.8) is 0 Å². The zero-order valence-corrected chi connectivity index (χ0v) is 14.7. The molecule has 22 heavy (non-hydrogen) atoms. The number of benzene rings is 2. The van der Waals surface area contributed by atoms with Crippen molar-refractivity contribution < 1.29 is 0 Å². The molecule has 0 radical (unpaired) electrons. The van der Waals surface area contributed by atoms with E-state index in [1.165, 1.54) is 21.2 Å². The quantitative estimate of drug-likeness (QED) is 0.812. The van der Waals surface area contributed by atoms with E-state index in [2.05, 4.69) is 81.2 Å². The van der Waals surface area contributed by atoms with Crippen molar-refractivity contribution in [1.29, 1.82) is 0 Å². The van der Waals surface area contributed by atoms with Crippen LogP contribution in [-0.2, 0) is 13.1 Å². The van der Waals surface area contributed by atoms with Gasteiger partial charge in [-0.15, -0.1) is 0 Å². The molecule has 0 saturated carbocycles. The van der Waals surface area contributed by atoms with Crippen LogP contribution < -0.4 is 0 Å². The van der Waals surface area contributed by atoms with E-state index in [-0.39, 0.29) is 0 Å². The number of hydrogen-bond donors (Lipinski definition) is 0. The predicted octanol–water partition coefficient (Wildman–Crippen LogP) is 4.08. The van der Waals surface area contributed by atoms with E-state index in [9.17, 15) is 0 Å². The maximum absolute atomic E-state index is 3.65. The highest BCUT2D eigenvalue weighted by molar-refractivity contribution is 9.10. The maximum atomic E-state index is 3.65. The van der Waals surface area contributed by atoms with Gasteiger partial charge in [-0.25, -0.2) is 0 Å². The maximum Gasteiger partial charge on any atom is 0.0246 e. The number of halogens is 1. The molecule has 0 unspecified atom stereocenters. The zero-order valence-electron chi connectivity index (χ0n) is 13.1. The first-order valence-corrected chi connectivity index (χ1v) is 8.74. The van der Waals surface area contributed by atoms with Gasteiger partial charge in [0.1, 0.15) is 0 Å². The lowest BCUT2D eigenvalue weighted by molar-refractivity contribution is 0.122. The summed E-state index contributed by atoms with van der Waals surface area (Å²) in [5.74, 6) is 0. The van der Waals surface area contributed by atoms with E-state index in [1.807, 2.05) is 0 Å². The lowest BCUT2D eigenvalue weighted by atomic mass is 10.1.